The molecule has 0 amide bonds. The molecule has 2 nitrogen and oxygen atoms in total. The van der Waals surface area contributed by atoms with E-state index in [2.05, 4.69) is 11.1 Å². The molecule has 0 unspecified atom stereocenters. The molecule has 1 N–H and O–H groups in total. The predicted molar refractivity (Wildman–Crippen MR) is 82.9 cm³/mol. The van der Waals surface area contributed by atoms with Crippen molar-refractivity contribution in [1.29, 1.82) is 0 Å². The summed E-state index contributed by atoms with van der Waals surface area (Å²) in [4.78, 5) is 3.06. The van der Waals surface area contributed by atoms with Crippen molar-refractivity contribution in [2.45, 2.75) is 13.8 Å². The Morgan fingerprint density at radius 3 is 2.65 bits per heavy atom. The fraction of sp³-hybridized carbons (Fsp3) is 0.133. The molecule has 0 aliphatic heterocycles. The Kier molecular flexibility index (Phi) is 3.15. The number of nitrogens with one attached hydrogen (secondary N) is 1. The van der Waals surface area contributed by atoms with Crippen molar-refractivity contribution in [3.05, 3.63) is 57.1 Å². The van der Waals surface area contributed by atoms with Crippen LogP contribution in [0.3, 0.4) is 0 Å². The second-order valence-corrected chi connectivity index (χ2v) is 5.63. The number of aryl methyl sites for hydroxylation is 2. The minimum Gasteiger partial charge on any atom is -0.330 e. The van der Waals surface area contributed by atoms with Gasteiger partial charge in [0.15, 0.2) is 4.77 Å². The predicted octanol–water partition coefficient (Wildman–Crippen LogP) is 5.10. The summed E-state index contributed by atoms with van der Waals surface area (Å²) in [6.07, 6.45) is 0. The molecule has 0 aliphatic rings. The lowest BCUT2D eigenvalue weighted by atomic mass is 10.1. The standard InChI is InChI=1S/C15H12ClFN2S/c1-8-3-4-13(9(2)5-8)19-14-7-11(17)10(16)6-12(14)18-15(19)20/h3-7H,1-2H3,(H,18,20). The molecule has 1 heterocycles. The van der Waals surface area contributed by atoms with Crippen molar-refractivity contribution in [3.8, 4) is 5.69 Å². The van der Waals surface area contributed by atoms with Gasteiger partial charge in [-0.1, -0.05) is 29.3 Å². The fourth-order valence-electron chi connectivity index (χ4n) is 2.40. The van der Waals surface area contributed by atoms with Crippen LogP contribution in [0.4, 0.5) is 4.39 Å². The normalized spacial score (nSPS) is 11.2. The lowest BCUT2D eigenvalue weighted by Crippen LogP contribution is -1.97. The number of rotatable bonds is 1. The number of H-pyrrole nitrogens is 1. The van der Waals surface area contributed by atoms with Crippen LogP contribution in [0.2, 0.25) is 5.02 Å². The van der Waals surface area contributed by atoms with Gasteiger partial charge in [0.25, 0.3) is 0 Å². The summed E-state index contributed by atoms with van der Waals surface area (Å²) in [7, 11) is 0. The zero-order valence-corrected chi connectivity index (χ0v) is 12.6. The third-order valence-corrected chi connectivity index (χ3v) is 3.89. The maximum Gasteiger partial charge on any atom is 0.182 e. The van der Waals surface area contributed by atoms with E-state index in [1.807, 2.05) is 30.5 Å². The van der Waals surface area contributed by atoms with Gasteiger partial charge >= 0.3 is 0 Å². The first-order valence-electron chi connectivity index (χ1n) is 6.15. The van der Waals surface area contributed by atoms with E-state index in [0.717, 1.165) is 16.8 Å². The van der Waals surface area contributed by atoms with Gasteiger partial charge in [-0.2, -0.15) is 0 Å². The molecule has 0 spiro atoms. The van der Waals surface area contributed by atoms with Gasteiger partial charge in [-0.3, -0.25) is 4.57 Å². The van der Waals surface area contributed by atoms with E-state index in [4.69, 9.17) is 23.8 Å². The summed E-state index contributed by atoms with van der Waals surface area (Å²) < 4.78 is 16.1. The fourth-order valence-corrected chi connectivity index (χ4v) is 2.87. The molecule has 0 saturated carbocycles. The zero-order valence-electron chi connectivity index (χ0n) is 11.0. The number of hydrogen-bond acceptors (Lipinski definition) is 1. The molecule has 1 aromatic heterocycles. The number of aromatic nitrogens is 2. The van der Waals surface area contributed by atoms with Gasteiger partial charge in [-0.05, 0) is 43.8 Å². The third-order valence-electron chi connectivity index (χ3n) is 3.32. The highest BCUT2D eigenvalue weighted by molar-refractivity contribution is 7.71. The van der Waals surface area contributed by atoms with Crippen molar-refractivity contribution in [2.75, 3.05) is 0 Å². The minimum atomic E-state index is -0.452. The van der Waals surface area contributed by atoms with Crippen molar-refractivity contribution in [1.82, 2.24) is 9.55 Å². The largest absolute Gasteiger partial charge is 0.330 e. The molecule has 102 valence electrons. The molecule has 3 rings (SSSR count). The maximum atomic E-state index is 13.7. The maximum absolute atomic E-state index is 13.7. The summed E-state index contributed by atoms with van der Waals surface area (Å²) in [5.74, 6) is -0.452. The van der Waals surface area contributed by atoms with Gasteiger partial charge < -0.3 is 4.98 Å². The highest BCUT2D eigenvalue weighted by Crippen LogP contribution is 2.26. The Morgan fingerprint density at radius 1 is 1.20 bits per heavy atom. The molecule has 0 radical (unpaired) electrons. The van der Waals surface area contributed by atoms with Crippen LogP contribution in [0.15, 0.2) is 30.3 Å². The van der Waals surface area contributed by atoms with Crippen LogP contribution in [0, 0.1) is 24.4 Å². The number of imidazole rings is 1. The number of halogens is 2. The van der Waals surface area contributed by atoms with Crippen LogP contribution < -0.4 is 0 Å². The SMILES string of the molecule is Cc1ccc(-n2c(=S)[nH]c3cc(Cl)c(F)cc32)c(C)c1. The Labute approximate surface area is 125 Å². The Hall–Kier alpha value is -1.65. The first-order valence-corrected chi connectivity index (χ1v) is 6.93. The monoisotopic (exact) mass is 306 g/mol. The van der Waals surface area contributed by atoms with Crippen molar-refractivity contribution < 1.29 is 4.39 Å². The molecule has 5 heteroatoms. The van der Waals surface area contributed by atoms with E-state index >= 15 is 0 Å². The molecular weight excluding hydrogens is 295 g/mol. The third kappa shape index (κ3) is 2.05. The molecule has 0 fully saturated rings. The van der Waals surface area contributed by atoms with Gasteiger partial charge in [0.1, 0.15) is 5.82 Å². The van der Waals surface area contributed by atoms with E-state index in [1.54, 1.807) is 6.07 Å². The first kappa shape index (κ1) is 13.3. The average Bonchev–Trinajstić information content (AvgIpc) is 2.66. The highest BCUT2D eigenvalue weighted by atomic mass is 35.5. The second-order valence-electron chi connectivity index (χ2n) is 4.84. The summed E-state index contributed by atoms with van der Waals surface area (Å²) in [5.41, 5.74) is 4.60. The number of benzene rings is 2. The zero-order chi connectivity index (χ0) is 14.4. The van der Waals surface area contributed by atoms with Gasteiger partial charge in [-0.25, -0.2) is 4.39 Å². The molecule has 0 bridgehead atoms. The van der Waals surface area contributed by atoms with Crippen LogP contribution >= 0.6 is 23.8 Å². The van der Waals surface area contributed by atoms with E-state index in [1.165, 1.54) is 11.6 Å². The quantitative estimate of drug-likeness (QED) is 0.620. The number of nitrogens with zero attached hydrogens (tertiary/aromatic N) is 1. The second kappa shape index (κ2) is 4.72. The van der Waals surface area contributed by atoms with Crippen molar-refractivity contribution in [3.63, 3.8) is 0 Å². The summed E-state index contributed by atoms with van der Waals surface area (Å²) in [5, 5.41) is 0.0847. The molecule has 2 aromatic carbocycles. The topological polar surface area (TPSA) is 20.7 Å². The summed E-state index contributed by atoms with van der Waals surface area (Å²) in [6, 6.07) is 9.03. The Balaban J connectivity index is 2.39. The van der Waals surface area contributed by atoms with E-state index < -0.39 is 5.82 Å². The average molecular weight is 307 g/mol. The number of aromatic amines is 1. The van der Waals surface area contributed by atoms with Crippen molar-refractivity contribution in [2.24, 2.45) is 0 Å². The molecule has 0 saturated heterocycles. The molecule has 3 aromatic rings. The van der Waals surface area contributed by atoms with Gasteiger partial charge in [-0.15, -0.1) is 0 Å². The molecule has 0 atom stereocenters. The Bertz CT molecular complexity index is 879. The summed E-state index contributed by atoms with van der Waals surface area (Å²) >= 11 is 11.2. The van der Waals surface area contributed by atoms with Crippen LogP contribution in [-0.4, -0.2) is 9.55 Å². The van der Waals surface area contributed by atoms with Crippen LogP contribution in [0.25, 0.3) is 16.7 Å². The first-order chi connectivity index (χ1) is 9.47. The van der Waals surface area contributed by atoms with E-state index in [0.29, 0.717) is 10.3 Å². The Morgan fingerprint density at radius 2 is 1.95 bits per heavy atom. The smallest absolute Gasteiger partial charge is 0.182 e. The molecule has 20 heavy (non-hydrogen) atoms. The van der Waals surface area contributed by atoms with Gasteiger partial charge in [0.05, 0.1) is 21.7 Å². The summed E-state index contributed by atoms with van der Waals surface area (Å²) in [6.45, 7) is 4.04. The van der Waals surface area contributed by atoms with E-state index in [-0.39, 0.29) is 5.02 Å². The number of fused-ring (bicyclic) bond motifs is 1. The lowest BCUT2D eigenvalue weighted by Gasteiger charge is -2.09. The highest BCUT2D eigenvalue weighted by Gasteiger charge is 2.12. The van der Waals surface area contributed by atoms with Gasteiger partial charge in [0, 0.05) is 6.07 Å². The van der Waals surface area contributed by atoms with Crippen molar-refractivity contribution >= 4 is 34.9 Å². The van der Waals surface area contributed by atoms with Crippen LogP contribution in [0.1, 0.15) is 11.1 Å². The lowest BCUT2D eigenvalue weighted by molar-refractivity contribution is 0.629. The molecule has 0 aliphatic carbocycles. The van der Waals surface area contributed by atoms with Gasteiger partial charge in [0.2, 0.25) is 0 Å². The van der Waals surface area contributed by atoms with Crippen LogP contribution in [-0.2, 0) is 0 Å². The van der Waals surface area contributed by atoms with E-state index in [9.17, 15) is 4.39 Å². The minimum absolute atomic E-state index is 0.0847. The molecular formula is C15H12ClFN2S. The number of hydrogen-bond donors (Lipinski definition) is 1. The van der Waals surface area contributed by atoms with Crippen LogP contribution in [0.5, 0.6) is 0 Å².